The Labute approximate surface area is 132 Å². The highest BCUT2D eigenvalue weighted by molar-refractivity contribution is 5.96. The average molecular weight is 303 g/mol. The monoisotopic (exact) mass is 303 g/mol. The Morgan fingerprint density at radius 2 is 1.82 bits per heavy atom. The predicted octanol–water partition coefficient (Wildman–Crippen LogP) is 1.26. The van der Waals surface area contributed by atoms with Gasteiger partial charge >= 0.3 is 0 Å². The number of nitrogens with one attached hydrogen (secondary N) is 2. The van der Waals surface area contributed by atoms with E-state index in [0.29, 0.717) is 18.0 Å². The van der Waals surface area contributed by atoms with Crippen molar-refractivity contribution >= 4 is 11.8 Å². The fourth-order valence-corrected chi connectivity index (χ4v) is 2.68. The minimum Gasteiger partial charge on any atom is -0.355 e. The molecule has 1 aliphatic heterocycles. The molecule has 1 aromatic rings. The van der Waals surface area contributed by atoms with E-state index >= 15 is 0 Å². The van der Waals surface area contributed by atoms with Crippen LogP contribution >= 0.6 is 0 Å². The van der Waals surface area contributed by atoms with Crippen molar-refractivity contribution in [3.63, 3.8) is 0 Å². The summed E-state index contributed by atoms with van der Waals surface area (Å²) in [6.45, 7) is 3.01. The highest BCUT2D eigenvalue weighted by atomic mass is 16.2. The third-order valence-electron chi connectivity index (χ3n) is 4.16. The number of amides is 2. The minimum absolute atomic E-state index is 0.0289. The van der Waals surface area contributed by atoms with Crippen molar-refractivity contribution in [3.8, 4) is 0 Å². The first-order chi connectivity index (χ1) is 10.6. The molecule has 0 aromatic heterocycles. The maximum atomic E-state index is 11.8. The molecule has 1 fully saturated rings. The van der Waals surface area contributed by atoms with Gasteiger partial charge in [0.05, 0.1) is 6.54 Å². The van der Waals surface area contributed by atoms with Crippen LogP contribution in [0.3, 0.4) is 0 Å². The molecule has 0 unspecified atom stereocenters. The van der Waals surface area contributed by atoms with E-state index in [4.69, 9.17) is 0 Å². The van der Waals surface area contributed by atoms with Crippen molar-refractivity contribution in [3.05, 3.63) is 35.9 Å². The van der Waals surface area contributed by atoms with Crippen molar-refractivity contribution in [1.29, 1.82) is 0 Å². The lowest BCUT2D eigenvalue weighted by Crippen LogP contribution is -2.38. The second-order valence-electron chi connectivity index (χ2n) is 5.93. The molecule has 1 saturated heterocycles. The summed E-state index contributed by atoms with van der Waals surface area (Å²) in [6.07, 6.45) is 3.43. The van der Waals surface area contributed by atoms with E-state index in [1.807, 2.05) is 6.07 Å². The average Bonchev–Trinajstić information content (AvgIpc) is 2.55. The molecule has 22 heavy (non-hydrogen) atoms. The van der Waals surface area contributed by atoms with Crippen LogP contribution < -0.4 is 10.6 Å². The van der Waals surface area contributed by atoms with Gasteiger partial charge in [-0.1, -0.05) is 18.2 Å². The number of hydrogen-bond donors (Lipinski definition) is 2. The Bertz CT molecular complexity index is 482. The zero-order valence-corrected chi connectivity index (χ0v) is 13.2. The maximum Gasteiger partial charge on any atom is 0.251 e. The van der Waals surface area contributed by atoms with Crippen LogP contribution in [0, 0.1) is 5.92 Å². The Kier molecular flexibility index (Phi) is 6.40. The van der Waals surface area contributed by atoms with Crippen molar-refractivity contribution in [2.24, 2.45) is 5.92 Å². The first-order valence-corrected chi connectivity index (χ1v) is 7.93. The van der Waals surface area contributed by atoms with Gasteiger partial charge in [0.1, 0.15) is 0 Å². The van der Waals surface area contributed by atoms with Crippen LogP contribution in [0.25, 0.3) is 0 Å². The Hall–Kier alpha value is -1.88. The number of rotatable bonds is 6. The zero-order chi connectivity index (χ0) is 15.8. The fourth-order valence-electron chi connectivity index (χ4n) is 2.68. The van der Waals surface area contributed by atoms with Gasteiger partial charge in [-0.15, -0.1) is 0 Å². The van der Waals surface area contributed by atoms with Crippen LogP contribution in [0.15, 0.2) is 30.3 Å². The number of carbonyl (C=O) groups is 2. The number of carbonyl (C=O) groups excluding carboxylic acids is 2. The molecule has 2 N–H and O–H groups in total. The molecule has 0 atom stereocenters. The second kappa shape index (κ2) is 8.54. The van der Waals surface area contributed by atoms with Crippen LogP contribution in [0.1, 0.15) is 29.6 Å². The van der Waals surface area contributed by atoms with Crippen molar-refractivity contribution < 1.29 is 9.59 Å². The normalized spacial score (nSPS) is 16.2. The van der Waals surface area contributed by atoms with Crippen molar-refractivity contribution in [1.82, 2.24) is 15.5 Å². The lowest BCUT2D eigenvalue weighted by Gasteiger charge is -2.28. The topological polar surface area (TPSA) is 61.4 Å². The molecule has 2 amide bonds. The van der Waals surface area contributed by atoms with Crippen molar-refractivity contribution in [2.45, 2.75) is 19.3 Å². The van der Waals surface area contributed by atoms with E-state index in [-0.39, 0.29) is 18.4 Å². The number of piperidine rings is 1. The lowest BCUT2D eigenvalue weighted by atomic mass is 9.94. The molecular formula is C17H25N3O2. The Morgan fingerprint density at radius 1 is 1.14 bits per heavy atom. The first kappa shape index (κ1) is 16.5. The zero-order valence-electron chi connectivity index (χ0n) is 13.2. The highest BCUT2D eigenvalue weighted by Crippen LogP contribution is 2.18. The first-order valence-electron chi connectivity index (χ1n) is 7.93. The van der Waals surface area contributed by atoms with Gasteiger partial charge in [-0.2, -0.15) is 0 Å². The summed E-state index contributed by atoms with van der Waals surface area (Å²) in [5.41, 5.74) is 0.571. The number of benzene rings is 1. The summed E-state index contributed by atoms with van der Waals surface area (Å²) < 4.78 is 0. The molecule has 120 valence electrons. The van der Waals surface area contributed by atoms with E-state index in [9.17, 15) is 9.59 Å². The summed E-state index contributed by atoms with van der Waals surface area (Å²) in [6, 6.07) is 8.92. The molecule has 0 aliphatic carbocycles. The highest BCUT2D eigenvalue weighted by Gasteiger charge is 2.16. The standard InChI is InChI=1S/C17H25N3O2/c1-20-11-8-14(9-12-20)7-10-18-16(21)13-19-17(22)15-5-3-2-4-6-15/h2-6,14H,7-13H2,1H3,(H,18,21)(H,19,22). The molecule has 5 heteroatoms. The van der Waals surface area contributed by atoms with Gasteiger partial charge in [-0.25, -0.2) is 0 Å². The molecule has 1 heterocycles. The molecule has 1 aliphatic rings. The Balaban J connectivity index is 1.59. The molecular weight excluding hydrogens is 278 g/mol. The van der Waals surface area contributed by atoms with Crippen LogP contribution in [-0.2, 0) is 4.79 Å². The van der Waals surface area contributed by atoms with E-state index in [1.165, 1.54) is 12.8 Å². The minimum atomic E-state index is -0.217. The molecule has 0 saturated carbocycles. The second-order valence-corrected chi connectivity index (χ2v) is 5.93. The Morgan fingerprint density at radius 3 is 2.50 bits per heavy atom. The predicted molar refractivity (Wildman–Crippen MR) is 86.6 cm³/mol. The molecule has 0 bridgehead atoms. The van der Waals surface area contributed by atoms with Crippen LogP contribution in [-0.4, -0.2) is 49.9 Å². The van der Waals surface area contributed by atoms with Gasteiger partial charge in [0, 0.05) is 12.1 Å². The van der Waals surface area contributed by atoms with Crippen LogP contribution in [0.2, 0.25) is 0 Å². The van der Waals surface area contributed by atoms with Crippen LogP contribution in [0.5, 0.6) is 0 Å². The number of likely N-dealkylation sites (tertiary alicyclic amines) is 1. The smallest absolute Gasteiger partial charge is 0.251 e. The number of hydrogen-bond acceptors (Lipinski definition) is 3. The molecule has 2 rings (SSSR count). The number of nitrogens with zero attached hydrogens (tertiary/aromatic N) is 1. The van der Waals surface area contributed by atoms with E-state index in [1.54, 1.807) is 24.3 Å². The summed E-state index contributed by atoms with van der Waals surface area (Å²) in [4.78, 5) is 25.9. The third-order valence-corrected chi connectivity index (χ3v) is 4.16. The fraction of sp³-hybridized carbons (Fsp3) is 0.529. The van der Waals surface area contributed by atoms with Gasteiger partial charge in [0.15, 0.2) is 0 Å². The molecule has 1 aromatic carbocycles. The third kappa shape index (κ3) is 5.48. The van der Waals surface area contributed by atoms with Gasteiger partial charge in [-0.3, -0.25) is 9.59 Å². The van der Waals surface area contributed by atoms with Gasteiger partial charge in [-0.05, 0) is 57.5 Å². The largest absolute Gasteiger partial charge is 0.355 e. The molecule has 5 nitrogen and oxygen atoms in total. The maximum absolute atomic E-state index is 11.8. The SMILES string of the molecule is CN1CCC(CCNC(=O)CNC(=O)c2ccccc2)CC1. The van der Waals surface area contributed by atoms with Crippen molar-refractivity contribution in [2.75, 3.05) is 33.2 Å². The quantitative estimate of drug-likeness (QED) is 0.832. The molecule has 0 spiro atoms. The van der Waals surface area contributed by atoms with E-state index < -0.39 is 0 Å². The van der Waals surface area contributed by atoms with Crippen LogP contribution in [0.4, 0.5) is 0 Å². The summed E-state index contributed by atoms with van der Waals surface area (Å²) in [5, 5.41) is 5.52. The van der Waals surface area contributed by atoms with Gasteiger partial charge < -0.3 is 15.5 Å². The van der Waals surface area contributed by atoms with E-state index in [2.05, 4.69) is 22.6 Å². The summed E-state index contributed by atoms with van der Waals surface area (Å²) in [7, 11) is 2.15. The van der Waals surface area contributed by atoms with Gasteiger partial charge in [0.2, 0.25) is 5.91 Å². The van der Waals surface area contributed by atoms with E-state index in [0.717, 1.165) is 19.5 Å². The van der Waals surface area contributed by atoms with Gasteiger partial charge in [0.25, 0.3) is 5.91 Å². The molecule has 0 radical (unpaired) electrons. The summed E-state index contributed by atoms with van der Waals surface area (Å²) >= 11 is 0. The summed E-state index contributed by atoms with van der Waals surface area (Å²) in [5.74, 6) is 0.360. The lowest BCUT2D eigenvalue weighted by molar-refractivity contribution is -0.120.